The fourth-order valence-electron chi connectivity index (χ4n) is 9.80. The van der Waals surface area contributed by atoms with E-state index >= 15 is 0 Å². The van der Waals surface area contributed by atoms with Crippen molar-refractivity contribution in [3.8, 4) is 33.4 Å². The minimum atomic E-state index is 0.659. The van der Waals surface area contributed by atoms with E-state index in [2.05, 4.69) is 171 Å². The minimum absolute atomic E-state index is 0.659. The van der Waals surface area contributed by atoms with Crippen molar-refractivity contribution in [1.82, 2.24) is 0 Å². The molecule has 4 heterocycles. The van der Waals surface area contributed by atoms with E-state index in [0.29, 0.717) is 12.3 Å². The van der Waals surface area contributed by atoms with Crippen LogP contribution in [-0.2, 0) is 0 Å². The lowest BCUT2D eigenvalue weighted by Crippen LogP contribution is -2.06. The molecular weight excluding hydrogens is 809 g/mol. The first-order valence-corrected chi connectivity index (χ1v) is 22.5. The van der Waals surface area contributed by atoms with Crippen molar-refractivity contribution in [2.75, 3.05) is 0 Å². The third kappa shape index (κ3) is 6.47. The Morgan fingerprint density at radius 3 is 1.27 bits per heavy atom. The molecule has 12 aromatic rings. The molecule has 0 atom stereocenters. The molecule has 5 nitrogen and oxygen atoms in total. The average molecular weight is 849 g/mol. The standard InChI is InChI=1S/C61H40N2O3/c1-2-37-36-53(38-13-4-3-5-14-38)62-61(43-16-12-15-39(29-43)40-23-26-57-50(33-40)47-17-6-9-20-54(47)64-57)63-60(37)46-31-44(41-24-27-58-51(34-41)48-18-7-10-21-55(48)65-58)30-45(32-46)42-25-28-59-52(35-42)49-19-8-11-22-56(49)66-59/h3-35H,2,36H2,1H3. The molecule has 1 aliphatic rings. The molecule has 0 spiro atoms. The fourth-order valence-corrected chi connectivity index (χ4v) is 9.80. The van der Waals surface area contributed by atoms with Gasteiger partial charge in [-0.25, -0.2) is 9.98 Å². The molecule has 0 saturated heterocycles. The number of fused-ring (bicyclic) bond motifs is 9. The summed E-state index contributed by atoms with van der Waals surface area (Å²) in [6.07, 6.45) is 1.46. The topological polar surface area (TPSA) is 64.1 Å². The SMILES string of the molecule is CCC1=C(c2cc(-c3ccc4oc5ccccc5c4c3)cc(-c3ccc4oc5ccccc5c4c3)c2)N=C(c2cccc(-c3ccc4oc5ccccc5c4c3)c2)N=C(c2ccccc2)C1. The summed E-state index contributed by atoms with van der Waals surface area (Å²) in [5, 5.41) is 6.58. The van der Waals surface area contributed by atoms with Gasteiger partial charge in [-0.05, 0) is 130 Å². The van der Waals surface area contributed by atoms with Crippen molar-refractivity contribution in [3.63, 3.8) is 0 Å². The zero-order chi connectivity index (χ0) is 43.7. The zero-order valence-electron chi connectivity index (χ0n) is 36.1. The Morgan fingerprint density at radius 2 is 0.742 bits per heavy atom. The van der Waals surface area contributed by atoms with Gasteiger partial charge in [0.2, 0.25) is 0 Å². The second-order valence-corrected chi connectivity index (χ2v) is 17.1. The van der Waals surface area contributed by atoms with Crippen LogP contribution in [0.25, 0.3) is 105 Å². The Bertz CT molecular complexity index is 3880. The first-order chi connectivity index (χ1) is 32.6. The quantitative estimate of drug-likeness (QED) is 0.160. The number of aliphatic imine (C=N–C) groups is 2. The Labute approximate surface area is 380 Å². The highest BCUT2D eigenvalue weighted by Gasteiger charge is 2.22. The van der Waals surface area contributed by atoms with Crippen LogP contribution in [0, 0.1) is 0 Å². The van der Waals surface area contributed by atoms with E-state index in [9.17, 15) is 0 Å². The van der Waals surface area contributed by atoms with Crippen molar-refractivity contribution in [2.45, 2.75) is 19.8 Å². The van der Waals surface area contributed by atoms with Crippen LogP contribution >= 0.6 is 0 Å². The fraction of sp³-hybridized carbons (Fsp3) is 0.0492. The normalized spacial score (nSPS) is 13.3. The minimum Gasteiger partial charge on any atom is -0.456 e. The van der Waals surface area contributed by atoms with Gasteiger partial charge in [-0.2, -0.15) is 0 Å². The summed E-state index contributed by atoms with van der Waals surface area (Å²) in [7, 11) is 0. The van der Waals surface area contributed by atoms with Gasteiger partial charge in [0.25, 0.3) is 0 Å². The Balaban J connectivity index is 1.01. The van der Waals surface area contributed by atoms with Crippen LogP contribution in [0.3, 0.4) is 0 Å². The third-order valence-corrected chi connectivity index (χ3v) is 13.2. The Morgan fingerprint density at radius 1 is 0.333 bits per heavy atom. The van der Waals surface area contributed by atoms with Gasteiger partial charge in [-0.1, -0.05) is 128 Å². The molecule has 9 aromatic carbocycles. The Kier molecular flexibility index (Phi) is 8.81. The Hall–Kier alpha value is -8.54. The van der Waals surface area contributed by atoms with Gasteiger partial charge >= 0.3 is 0 Å². The largest absolute Gasteiger partial charge is 0.456 e. The predicted molar refractivity (Wildman–Crippen MR) is 272 cm³/mol. The highest BCUT2D eigenvalue weighted by atomic mass is 16.3. The first kappa shape index (κ1) is 38.0. The van der Waals surface area contributed by atoms with Crippen LogP contribution in [0.15, 0.2) is 229 Å². The summed E-state index contributed by atoms with van der Waals surface area (Å²) in [6, 6.07) is 70.3. The van der Waals surface area contributed by atoms with Crippen LogP contribution in [0.1, 0.15) is 36.5 Å². The molecule has 0 bridgehead atoms. The third-order valence-electron chi connectivity index (χ3n) is 13.2. The molecular formula is C61H40N2O3. The maximum atomic E-state index is 6.28. The molecule has 3 aromatic heterocycles. The molecule has 13 rings (SSSR count). The van der Waals surface area contributed by atoms with Gasteiger partial charge in [-0.3, -0.25) is 0 Å². The molecule has 0 amide bonds. The molecule has 66 heavy (non-hydrogen) atoms. The lowest BCUT2D eigenvalue weighted by Gasteiger charge is -2.15. The van der Waals surface area contributed by atoms with E-state index in [4.69, 9.17) is 23.2 Å². The van der Waals surface area contributed by atoms with Crippen LogP contribution in [0.5, 0.6) is 0 Å². The van der Waals surface area contributed by atoms with Gasteiger partial charge in [0.15, 0.2) is 5.84 Å². The van der Waals surface area contributed by atoms with E-state index in [0.717, 1.165) is 134 Å². The molecule has 0 radical (unpaired) electrons. The van der Waals surface area contributed by atoms with Crippen molar-refractivity contribution >= 4 is 83.1 Å². The zero-order valence-corrected chi connectivity index (χ0v) is 36.1. The molecule has 0 N–H and O–H groups in total. The van der Waals surface area contributed by atoms with Crippen LogP contribution < -0.4 is 0 Å². The molecule has 5 heteroatoms. The maximum absolute atomic E-state index is 6.28. The summed E-state index contributed by atoms with van der Waals surface area (Å²) in [6.45, 7) is 2.23. The van der Waals surface area contributed by atoms with E-state index in [-0.39, 0.29) is 0 Å². The summed E-state index contributed by atoms with van der Waals surface area (Å²) in [4.78, 5) is 11.1. The second kappa shape index (κ2) is 15.3. The van der Waals surface area contributed by atoms with Crippen molar-refractivity contribution < 1.29 is 13.3 Å². The average Bonchev–Trinajstić information content (AvgIpc) is 4.02. The van der Waals surface area contributed by atoms with Gasteiger partial charge in [0, 0.05) is 49.9 Å². The summed E-state index contributed by atoms with van der Waals surface area (Å²) >= 11 is 0. The van der Waals surface area contributed by atoms with Crippen LogP contribution in [0.4, 0.5) is 0 Å². The number of hydrogen-bond donors (Lipinski definition) is 0. The molecule has 0 fully saturated rings. The lowest BCUT2D eigenvalue weighted by molar-refractivity contribution is 0.668. The first-order valence-electron chi connectivity index (χ1n) is 22.5. The number of rotatable bonds is 7. The van der Waals surface area contributed by atoms with E-state index in [1.165, 1.54) is 5.57 Å². The monoisotopic (exact) mass is 848 g/mol. The number of amidine groups is 1. The van der Waals surface area contributed by atoms with Crippen LogP contribution in [-0.4, -0.2) is 11.5 Å². The van der Waals surface area contributed by atoms with E-state index in [1.807, 2.05) is 36.4 Å². The lowest BCUT2D eigenvalue weighted by atomic mass is 9.91. The molecule has 1 aliphatic heterocycles. The van der Waals surface area contributed by atoms with E-state index < -0.39 is 0 Å². The second-order valence-electron chi connectivity index (χ2n) is 17.1. The van der Waals surface area contributed by atoms with Crippen molar-refractivity contribution in [3.05, 3.63) is 222 Å². The number of allylic oxidation sites excluding steroid dienone is 1. The molecule has 0 aliphatic carbocycles. The molecule has 0 unspecified atom stereocenters. The number of furan rings is 3. The van der Waals surface area contributed by atoms with Crippen LogP contribution in [0.2, 0.25) is 0 Å². The smallest absolute Gasteiger partial charge is 0.160 e. The van der Waals surface area contributed by atoms with Crippen molar-refractivity contribution in [2.24, 2.45) is 9.98 Å². The number of benzene rings is 9. The predicted octanol–water partition coefficient (Wildman–Crippen LogP) is 16.8. The summed E-state index contributed by atoms with van der Waals surface area (Å²) in [5.41, 5.74) is 18.0. The van der Waals surface area contributed by atoms with Gasteiger partial charge in [-0.15, -0.1) is 0 Å². The molecule has 312 valence electrons. The highest BCUT2D eigenvalue weighted by molar-refractivity contribution is 6.16. The van der Waals surface area contributed by atoms with Gasteiger partial charge < -0.3 is 13.3 Å². The molecule has 0 saturated carbocycles. The summed E-state index contributed by atoms with van der Waals surface area (Å²) < 4.78 is 18.8. The summed E-state index contributed by atoms with van der Waals surface area (Å²) in [5.74, 6) is 0.675. The number of hydrogen-bond acceptors (Lipinski definition) is 5. The number of para-hydroxylation sites is 3. The van der Waals surface area contributed by atoms with Crippen molar-refractivity contribution in [1.29, 1.82) is 0 Å². The van der Waals surface area contributed by atoms with E-state index in [1.54, 1.807) is 0 Å². The highest BCUT2D eigenvalue weighted by Crippen LogP contribution is 2.40. The van der Waals surface area contributed by atoms with Gasteiger partial charge in [0.1, 0.15) is 33.5 Å². The number of nitrogens with zero attached hydrogens (tertiary/aromatic N) is 2. The maximum Gasteiger partial charge on any atom is 0.160 e. The van der Waals surface area contributed by atoms with Gasteiger partial charge in [0.05, 0.1) is 11.4 Å².